The summed E-state index contributed by atoms with van der Waals surface area (Å²) in [5.74, 6) is 0.127. The summed E-state index contributed by atoms with van der Waals surface area (Å²) < 4.78 is 5.28. The highest BCUT2D eigenvalue weighted by molar-refractivity contribution is 5.97. The lowest BCUT2D eigenvalue weighted by Crippen LogP contribution is -2.61. The van der Waals surface area contributed by atoms with Crippen LogP contribution in [0.4, 0.5) is 0 Å². The van der Waals surface area contributed by atoms with E-state index >= 15 is 0 Å². The molecule has 1 aromatic carbocycles. The molecule has 0 bridgehead atoms. The third-order valence-corrected chi connectivity index (χ3v) is 4.70. The van der Waals surface area contributed by atoms with Gasteiger partial charge in [-0.05, 0) is 31.5 Å². The predicted molar refractivity (Wildman–Crippen MR) is 94.6 cm³/mol. The van der Waals surface area contributed by atoms with Gasteiger partial charge in [0.15, 0.2) is 0 Å². The zero-order valence-electron chi connectivity index (χ0n) is 14.5. The maximum atomic E-state index is 13.0. The number of piperidine rings is 1. The van der Waals surface area contributed by atoms with E-state index in [0.717, 1.165) is 11.3 Å². The van der Waals surface area contributed by atoms with Crippen LogP contribution in [0.5, 0.6) is 5.75 Å². The van der Waals surface area contributed by atoms with Gasteiger partial charge in [-0.2, -0.15) is 0 Å². The Kier molecular flexibility index (Phi) is 5.01. The number of pyridine rings is 1. The third-order valence-electron chi connectivity index (χ3n) is 4.70. The van der Waals surface area contributed by atoms with Crippen LogP contribution in [0.2, 0.25) is 0 Å². The first-order valence-electron chi connectivity index (χ1n) is 8.34. The quantitative estimate of drug-likeness (QED) is 0.782. The zero-order chi connectivity index (χ0) is 17.9. The smallest absolute Gasteiger partial charge is 0.255 e. The molecule has 0 spiro atoms. The molecule has 132 valence electrons. The molecule has 1 amide bonds. The Bertz CT molecular complexity index is 751. The molecule has 0 radical (unpaired) electrons. The summed E-state index contributed by atoms with van der Waals surface area (Å²) in [7, 11) is 1.51. The fourth-order valence-electron chi connectivity index (χ4n) is 3.31. The van der Waals surface area contributed by atoms with Crippen molar-refractivity contribution in [1.29, 1.82) is 0 Å². The minimum absolute atomic E-state index is 0.285. The first-order chi connectivity index (χ1) is 12.1. The average molecular weight is 341 g/mol. The summed E-state index contributed by atoms with van der Waals surface area (Å²) in [5.41, 5.74) is 1.19. The van der Waals surface area contributed by atoms with Crippen molar-refractivity contribution in [3.63, 3.8) is 0 Å². The minimum Gasteiger partial charge on any atom is -0.494 e. The van der Waals surface area contributed by atoms with Crippen molar-refractivity contribution in [3.05, 3.63) is 59.4 Å². The summed E-state index contributed by atoms with van der Waals surface area (Å²) in [6, 6.07) is 11.3. The molecule has 25 heavy (non-hydrogen) atoms. The molecule has 6 nitrogen and oxygen atoms in total. The highest BCUT2D eigenvalue weighted by Gasteiger charge is 2.43. The second-order valence-electron chi connectivity index (χ2n) is 6.29. The van der Waals surface area contributed by atoms with Gasteiger partial charge in [0.2, 0.25) is 0 Å². The number of nitrogens with zero attached hydrogens (tertiary/aromatic N) is 1. The van der Waals surface area contributed by atoms with Gasteiger partial charge < -0.3 is 20.5 Å². The van der Waals surface area contributed by atoms with Gasteiger partial charge in [0.1, 0.15) is 5.75 Å². The van der Waals surface area contributed by atoms with Gasteiger partial charge in [-0.15, -0.1) is 0 Å². The summed E-state index contributed by atoms with van der Waals surface area (Å²) in [6.45, 7) is 2.95. The average Bonchev–Trinajstić information content (AvgIpc) is 2.64. The van der Waals surface area contributed by atoms with Crippen molar-refractivity contribution in [3.8, 4) is 5.75 Å². The number of hydrogen-bond donors (Lipinski definition) is 3. The Morgan fingerprint density at radius 1 is 1.40 bits per heavy atom. The molecule has 2 aromatic rings. The third kappa shape index (κ3) is 3.36. The number of aromatic nitrogens is 1. The normalized spacial score (nSPS) is 23.1. The van der Waals surface area contributed by atoms with Crippen molar-refractivity contribution in [2.75, 3.05) is 20.2 Å². The van der Waals surface area contributed by atoms with Crippen molar-refractivity contribution in [1.82, 2.24) is 15.6 Å². The van der Waals surface area contributed by atoms with Gasteiger partial charge in [-0.3, -0.25) is 9.78 Å². The molecule has 0 aliphatic carbocycles. The number of benzene rings is 1. The molecule has 1 aliphatic heterocycles. The molecule has 6 heteroatoms. The Morgan fingerprint density at radius 3 is 2.84 bits per heavy atom. The van der Waals surface area contributed by atoms with Gasteiger partial charge in [-0.25, -0.2) is 0 Å². The number of nitrogens with one attached hydrogen (secondary N) is 2. The van der Waals surface area contributed by atoms with E-state index in [9.17, 15) is 9.90 Å². The number of methoxy groups -OCH3 is 1. The van der Waals surface area contributed by atoms with Crippen molar-refractivity contribution in [2.24, 2.45) is 0 Å². The summed E-state index contributed by atoms with van der Waals surface area (Å²) >= 11 is 0. The highest BCUT2D eigenvalue weighted by atomic mass is 16.5. The molecule has 1 saturated heterocycles. The van der Waals surface area contributed by atoms with Crippen molar-refractivity contribution < 1.29 is 14.6 Å². The monoisotopic (exact) mass is 341 g/mol. The summed E-state index contributed by atoms with van der Waals surface area (Å²) in [5, 5.41) is 17.0. The highest BCUT2D eigenvalue weighted by Crippen LogP contribution is 2.32. The molecular formula is C19H23N3O3. The maximum absolute atomic E-state index is 13.0. The van der Waals surface area contributed by atoms with Crippen LogP contribution < -0.4 is 15.4 Å². The van der Waals surface area contributed by atoms with Crippen LogP contribution in [-0.4, -0.2) is 42.3 Å². The van der Waals surface area contributed by atoms with Crippen LogP contribution in [0.1, 0.15) is 28.0 Å². The number of amides is 1. The molecule has 2 heterocycles. The maximum Gasteiger partial charge on any atom is 0.255 e. The van der Waals surface area contributed by atoms with Crippen LogP contribution in [0.15, 0.2) is 42.6 Å². The van der Waals surface area contributed by atoms with Gasteiger partial charge in [0, 0.05) is 12.2 Å². The molecule has 2 atom stereocenters. The molecular weight excluding hydrogens is 318 g/mol. The van der Waals surface area contributed by atoms with Crippen LogP contribution >= 0.6 is 0 Å². The second-order valence-corrected chi connectivity index (χ2v) is 6.29. The second kappa shape index (κ2) is 7.21. The molecule has 1 aromatic heterocycles. The van der Waals surface area contributed by atoms with E-state index < -0.39 is 11.6 Å². The lowest BCUT2D eigenvalue weighted by Gasteiger charge is -2.43. The number of aliphatic hydroxyl groups excluding tert-OH is 1. The topological polar surface area (TPSA) is 83.5 Å². The molecule has 3 N–H and O–H groups in total. The summed E-state index contributed by atoms with van der Waals surface area (Å²) in [4.78, 5) is 17.2. The number of aryl methyl sites for hydroxylation is 1. The Labute approximate surface area is 147 Å². The lowest BCUT2D eigenvalue weighted by atomic mass is 9.79. The van der Waals surface area contributed by atoms with Crippen LogP contribution in [0.3, 0.4) is 0 Å². The molecule has 0 saturated carbocycles. The van der Waals surface area contributed by atoms with E-state index in [2.05, 4.69) is 15.6 Å². The van der Waals surface area contributed by atoms with Crippen molar-refractivity contribution >= 4 is 5.91 Å². The van der Waals surface area contributed by atoms with Gasteiger partial charge in [-0.1, -0.05) is 30.3 Å². The minimum atomic E-state index is -0.841. The van der Waals surface area contributed by atoms with Gasteiger partial charge in [0.05, 0.1) is 30.5 Å². The number of carbonyl (C=O) groups excluding carboxylic acids is 1. The number of hydrogen-bond acceptors (Lipinski definition) is 5. The number of rotatable bonds is 4. The Morgan fingerprint density at radius 2 is 2.16 bits per heavy atom. The van der Waals surface area contributed by atoms with E-state index in [1.54, 1.807) is 6.07 Å². The van der Waals surface area contributed by atoms with E-state index in [1.165, 1.54) is 13.3 Å². The molecule has 3 rings (SSSR count). The fraction of sp³-hybridized carbons (Fsp3) is 0.368. The van der Waals surface area contributed by atoms with Gasteiger partial charge >= 0.3 is 0 Å². The van der Waals surface area contributed by atoms with E-state index in [4.69, 9.17) is 4.74 Å². The predicted octanol–water partition coefficient (Wildman–Crippen LogP) is 1.38. The Balaban J connectivity index is 1.99. The van der Waals surface area contributed by atoms with E-state index in [1.807, 2.05) is 37.3 Å². The number of carbonyl (C=O) groups is 1. The standard InChI is InChI=1S/C19H23N3O3/c1-13-10-15(16(25-2)11-21-13)18(24)22-19(8-9-20-12-17(19)23)14-6-4-3-5-7-14/h3-7,10-11,17,20,23H,8-9,12H2,1-2H3,(H,22,24)/t17-,19+/m1/s1. The first-order valence-corrected chi connectivity index (χ1v) is 8.34. The molecule has 1 aliphatic rings. The van der Waals surface area contributed by atoms with Crippen LogP contribution in [0, 0.1) is 6.92 Å². The summed E-state index contributed by atoms with van der Waals surface area (Å²) in [6.07, 6.45) is 1.40. The zero-order valence-corrected chi connectivity index (χ0v) is 14.5. The number of β-amino-alcohol motifs (C(OH)–C–C–N with tert-alkyl or cyclic N) is 1. The van der Waals surface area contributed by atoms with E-state index in [0.29, 0.717) is 30.8 Å². The first kappa shape index (κ1) is 17.4. The fourth-order valence-corrected chi connectivity index (χ4v) is 3.31. The van der Waals surface area contributed by atoms with Crippen LogP contribution in [0.25, 0.3) is 0 Å². The lowest BCUT2D eigenvalue weighted by molar-refractivity contribution is 0.0288. The number of aliphatic hydroxyl groups is 1. The van der Waals surface area contributed by atoms with Crippen LogP contribution in [-0.2, 0) is 5.54 Å². The van der Waals surface area contributed by atoms with E-state index in [-0.39, 0.29) is 5.91 Å². The molecule has 1 fully saturated rings. The Hall–Kier alpha value is -2.44. The number of ether oxygens (including phenoxy) is 1. The SMILES string of the molecule is COc1cnc(C)cc1C(=O)N[C@]1(c2ccccc2)CCNC[C@H]1O. The largest absolute Gasteiger partial charge is 0.494 e. The molecule has 0 unspecified atom stereocenters. The van der Waals surface area contributed by atoms with Crippen molar-refractivity contribution in [2.45, 2.75) is 25.0 Å². The van der Waals surface area contributed by atoms with Gasteiger partial charge in [0.25, 0.3) is 5.91 Å².